The molecule has 0 saturated heterocycles. The lowest BCUT2D eigenvalue weighted by Crippen LogP contribution is -2.12. The largest absolute Gasteiger partial charge is 0.485 e. The Morgan fingerprint density at radius 3 is 2.55 bits per heavy atom. The summed E-state index contributed by atoms with van der Waals surface area (Å²) in [4.78, 5) is 25.2. The summed E-state index contributed by atoms with van der Waals surface area (Å²) in [5.74, 6) is 1.19. The molecule has 3 aromatic carbocycles. The first-order chi connectivity index (χ1) is 14.9. The van der Waals surface area contributed by atoms with Gasteiger partial charge in [-0.25, -0.2) is 0 Å². The second-order valence-corrected chi connectivity index (χ2v) is 8.02. The molecule has 1 heterocycles. The van der Waals surface area contributed by atoms with Gasteiger partial charge in [0.15, 0.2) is 12.4 Å². The summed E-state index contributed by atoms with van der Waals surface area (Å²) < 4.78 is 17.9. The number of ether oxygens (including phenoxy) is 2. The van der Waals surface area contributed by atoms with Crippen molar-refractivity contribution < 1.29 is 18.7 Å². The van der Waals surface area contributed by atoms with Gasteiger partial charge in [-0.2, -0.15) is 0 Å². The van der Waals surface area contributed by atoms with Crippen molar-refractivity contribution in [2.75, 3.05) is 6.61 Å². The van der Waals surface area contributed by atoms with E-state index >= 15 is 0 Å². The molecule has 0 amide bonds. The molecule has 0 saturated carbocycles. The molecule has 1 aromatic heterocycles. The van der Waals surface area contributed by atoms with Gasteiger partial charge in [0.05, 0.1) is 9.86 Å². The number of hydrogen-bond donors (Lipinski definition) is 0. The van der Waals surface area contributed by atoms with Crippen LogP contribution in [0, 0.1) is 6.92 Å². The maximum atomic E-state index is 12.9. The van der Waals surface area contributed by atoms with Crippen LogP contribution in [0.1, 0.15) is 16.1 Å². The Hall–Kier alpha value is -3.09. The minimum absolute atomic E-state index is 0.117. The predicted octanol–water partition coefficient (Wildman–Crippen LogP) is 6.57. The highest BCUT2D eigenvalue weighted by molar-refractivity contribution is 9.10. The smallest absolute Gasteiger partial charge is 0.235 e. The average Bonchev–Trinajstić information content (AvgIpc) is 2.76. The minimum Gasteiger partial charge on any atom is -0.485 e. The van der Waals surface area contributed by atoms with Gasteiger partial charge in [0.1, 0.15) is 22.8 Å². The van der Waals surface area contributed by atoms with Crippen LogP contribution in [0.15, 0.2) is 80.4 Å². The van der Waals surface area contributed by atoms with E-state index in [1.165, 1.54) is 0 Å². The average molecular weight is 500 g/mol. The third-order valence-electron chi connectivity index (χ3n) is 4.57. The molecule has 5 nitrogen and oxygen atoms in total. The molecule has 0 aliphatic rings. The van der Waals surface area contributed by atoms with Crippen LogP contribution < -0.4 is 14.9 Å². The quantitative estimate of drug-likeness (QED) is 0.281. The molecule has 0 fully saturated rings. The monoisotopic (exact) mass is 498 g/mol. The molecular formula is C24H16BrClO5. The Balaban J connectivity index is 1.57. The number of carbonyl (C=O) groups is 1. The normalized spacial score (nSPS) is 10.8. The molecule has 0 N–H and O–H groups in total. The van der Waals surface area contributed by atoms with Crippen LogP contribution in [0.2, 0.25) is 5.02 Å². The number of fused-ring (bicyclic) bond motifs is 1. The number of ketones is 1. The number of aryl methyl sites for hydroxylation is 1. The first kappa shape index (κ1) is 21.2. The number of carbonyl (C=O) groups excluding carboxylic acids is 1. The molecule has 31 heavy (non-hydrogen) atoms. The highest BCUT2D eigenvalue weighted by atomic mass is 79.9. The van der Waals surface area contributed by atoms with Crippen molar-refractivity contribution in [2.24, 2.45) is 0 Å². The zero-order valence-corrected chi connectivity index (χ0v) is 18.7. The molecule has 0 atom stereocenters. The van der Waals surface area contributed by atoms with Crippen LogP contribution in [0.5, 0.6) is 17.2 Å². The van der Waals surface area contributed by atoms with Gasteiger partial charge in [-0.05, 0) is 71.4 Å². The van der Waals surface area contributed by atoms with Crippen molar-refractivity contribution in [1.29, 1.82) is 0 Å². The summed E-state index contributed by atoms with van der Waals surface area (Å²) in [6, 6.07) is 18.6. The SMILES string of the molecule is Cc1oc2cc(OCC(=O)c3ccc(Cl)cc3)ccc2c(=O)c1Oc1ccccc1Br. The standard InChI is InChI=1S/C24H16BrClO5/c1-14-24(31-21-5-3-2-4-19(21)25)23(28)18-11-10-17(12-22(18)30-14)29-13-20(27)15-6-8-16(26)9-7-15/h2-12H,13H2,1H3. The minimum atomic E-state index is -0.293. The molecule has 0 aliphatic heterocycles. The topological polar surface area (TPSA) is 65.7 Å². The molecule has 0 spiro atoms. The molecule has 0 radical (unpaired) electrons. The Kier molecular flexibility index (Phi) is 6.11. The third kappa shape index (κ3) is 4.65. The van der Waals surface area contributed by atoms with Gasteiger partial charge in [-0.15, -0.1) is 0 Å². The van der Waals surface area contributed by atoms with Crippen molar-refractivity contribution in [3.63, 3.8) is 0 Å². The highest BCUT2D eigenvalue weighted by Crippen LogP contribution is 2.31. The lowest BCUT2D eigenvalue weighted by atomic mass is 10.1. The molecule has 4 aromatic rings. The lowest BCUT2D eigenvalue weighted by Gasteiger charge is -2.11. The zero-order valence-electron chi connectivity index (χ0n) is 16.4. The van der Waals surface area contributed by atoms with Crippen LogP contribution in [0.25, 0.3) is 11.0 Å². The maximum Gasteiger partial charge on any atom is 0.235 e. The fourth-order valence-electron chi connectivity index (χ4n) is 2.98. The third-order valence-corrected chi connectivity index (χ3v) is 5.48. The van der Waals surface area contributed by atoms with Crippen molar-refractivity contribution in [3.05, 3.63) is 97.8 Å². The van der Waals surface area contributed by atoms with E-state index in [-0.39, 0.29) is 23.6 Å². The summed E-state index contributed by atoms with van der Waals surface area (Å²) in [5.41, 5.74) is 0.554. The fourth-order valence-corrected chi connectivity index (χ4v) is 3.47. The van der Waals surface area contributed by atoms with Gasteiger partial charge in [0, 0.05) is 16.7 Å². The maximum absolute atomic E-state index is 12.9. The Bertz CT molecular complexity index is 1330. The molecule has 0 aliphatic carbocycles. The van der Waals surface area contributed by atoms with Crippen molar-refractivity contribution in [1.82, 2.24) is 0 Å². The van der Waals surface area contributed by atoms with E-state index in [0.717, 1.165) is 4.47 Å². The second-order valence-electron chi connectivity index (χ2n) is 6.73. The van der Waals surface area contributed by atoms with Gasteiger partial charge in [-0.1, -0.05) is 23.7 Å². The van der Waals surface area contributed by atoms with E-state index in [2.05, 4.69) is 15.9 Å². The van der Waals surface area contributed by atoms with Gasteiger partial charge in [0.2, 0.25) is 11.2 Å². The Morgan fingerprint density at radius 1 is 1.06 bits per heavy atom. The van der Waals surface area contributed by atoms with Crippen molar-refractivity contribution in [2.45, 2.75) is 6.92 Å². The van der Waals surface area contributed by atoms with Crippen LogP contribution in [-0.2, 0) is 0 Å². The van der Waals surface area contributed by atoms with Gasteiger partial charge >= 0.3 is 0 Å². The summed E-state index contributed by atoms with van der Waals surface area (Å²) in [5, 5.41) is 0.907. The summed E-state index contributed by atoms with van der Waals surface area (Å²) in [6.07, 6.45) is 0. The zero-order chi connectivity index (χ0) is 22.0. The molecule has 0 unspecified atom stereocenters. The summed E-state index contributed by atoms with van der Waals surface area (Å²) >= 11 is 9.25. The lowest BCUT2D eigenvalue weighted by molar-refractivity contribution is 0.0921. The van der Waals surface area contributed by atoms with Crippen LogP contribution in [-0.4, -0.2) is 12.4 Å². The predicted molar refractivity (Wildman–Crippen MR) is 123 cm³/mol. The van der Waals surface area contributed by atoms with E-state index < -0.39 is 0 Å². The van der Waals surface area contributed by atoms with Gasteiger partial charge < -0.3 is 13.9 Å². The van der Waals surface area contributed by atoms with Crippen LogP contribution in [0.3, 0.4) is 0 Å². The van der Waals surface area contributed by atoms with E-state index in [9.17, 15) is 9.59 Å². The molecule has 156 valence electrons. The first-order valence-electron chi connectivity index (χ1n) is 9.34. The van der Waals surface area contributed by atoms with E-state index in [1.54, 1.807) is 55.5 Å². The van der Waals surface area contributed by atoms with Gasteiger partial charge in [0.25, 0.3) is 0 Å². The van der Waals surface area contributed by atoms with Crippen molar-refractivity contribution >= 4 is 44.3 Å². The Labute approximate surface area is 191 Å². The summed E-state index contributed by atoms with van der Waals surface area (Å²) in [7, 11) is 0. The Morgan fingerprint density at radius 2 is 1.81 bits per heavy atom. The number of benzene rings is 3. The van der Waals surface area contributed by atoms with E-state index in [4.69, 9.17) is 25.5 Å². The number of Topliss-reactive ketones (excluding diaryl/α,β-unsaturated/α-hetero) is 1. The van der Waals surface area contributed by atoms with E-state index in [0.29, 0.717) is 38.8 Å². The number of rotatable bonds is 6. The molecular weight excluding hydrogens is 484 g/mol. The van der Waals surface area contributed by atoms with Crippen LogP contribution in [0.4, 0.5) is 0 Å². The second kappa shape index (κ2) is 8.96. The summed E-state index contributed by atoms with van der Waals surface area (Å²) in [6.45, 7) is 1.50. The molecule has 7 heteroatoms. The van der Waals surface area contributed by atoms with Crippen molar-refractivity contribution in [3.8, 4) is 17.2 Å². The fraction of sp³-hybridized carbons (Fsp3) is 0.0833. The number of hydrogen-bond acceptors (Lipinski definition) is 5. The number of halogens is 2. The van der Waals surface area contributed by atoms with Gasteiger partial charge in [-0.3, -0.25) is 9.59 Å². The molecule has 4 rings (SSSR count). The van der Waals surface area contributed by atoms with E-state index in [1.807, 2.05) is 18.2 Å². The van der Waals surface area contributed by atoms with Crippen LogP contribution >= 0.6 is 27.5 Å². The number of para-hydroxylation sites is 1. The first-order valence-corrected chi connectivity index (χ1v) is 10.5. The molecule has 0 bridgehead atoms. The highest BCUT2D eigenvalue weighted by Gasteiger charge is 2.16.